The zero-order chi connectivity index (χ0) is 68.0. The van der Waals surface area contributed by atoms with Crippen LogP contribution < -0.4 is 0 Å². The number of carbonyl (C=O) groups excluding carboxylic acids is 4. The molecule has 0 aliphatic rings. The lowest BCUT2D eigenvalue weighted by atomic mass is 10.0. The fourth-order valence-electron chi connectivity index (χ4n) is 11.1. The molecule has 92 heavy (non-hydrogen) atoms. The van der Waals surface area contributed by atoms with Gasteiger partial charge in [0.25, 0.3) is 0 Å². The van der Waals surface area contributed by atoms with Crippen LogP contribution in [0.1, 0.15) is 370 Å². The highest BCUT2D eigenvalue weighted by molar-refractivity contribution is 7.47. The van der Waals surface area contributed by atoms with Crippen LogP contribution >= 0.6 is 15.6 Å². The van der Waals surface area contributed by atoms with Crippen LogP contribution in [0.3, 0.4) is 0 Å². The number of esters is 4. The van der Waals surface area contributed by atoms with Gasteiger partial charge >= 0.3 is 39.5 Å². The summed E-state index contributed by atoms with van der Waals surface area (Å²) in [4.78, 5) is 72.6. The van der Waals surface area contributed by atoms with Gasteiger partial charge in [0.1, 0.15) is 19.3 Å². The summed E-state index contributed by atoms with van der Waals surface area (Å²) in [5.74, 6) is 0.0113. The van der Waals surface area contributed by atoms with E-state index >= 15 is 0 Å². The molecule has 0 bridgehead atoms. The number of unbranched alkanes of at least 4 members (excludes halogenated alkanes) is 39. The van der Waals surface area contributed by atoms with Crippen LogP contribution in [0.25, 0.3) is 0 Å². The molecule has 0 aliphatic carbocycles. The smallest absolute Gasteiger partial charge is 0.462 e. The fraction of sp³-hybridized carbons (Fsp3) is 0.945. The summed E-state index contributed by atoms with van der Waals surface area (Å²) < 4.78 is 68.3. The van der Waals surface area contributed by atoms with Gasteiger partial charge in [-0.25, -0.2) is 9.13 Å². The number of aliphatic hydroxyl groups is 1. The average Bonchev–Trinajstić information content (AvgIpc) is 3.67. The van der Waals surface area contributed by atoms with Crippen molar-refractivity contribution in [3.05, 3.63) is 0 Å². The molecule has 5 atom stereocenters. The molecular weight excluding hydrogens is 1210 g/mol. The SMILES string of the molecule is CCCCCCCCCCCCCCCCCCCCC(=O)O[C@H](COC(=O)CCCCCCCCCCCCCCCC(C)C)COP(=O)(O)OC[C@@H](O)COP(=O)(O)OC[C@@H](COC(=O)CCCCCCCCC(C)C)OC(=O)CCCCCCCCC(C)C. The summed E-state index contributed by atoms with van der Waals surface area (Å²) in [5, 5.41) is 10.6. The van der Waals surface area contributed by atoms with Crippen molar-refractivity contribution in [3.63, 3.8) is 0 Å². The predicted octanol–water partition coefficient (Wildman–Crippen LogP) is 21.0. The van der Waals surface area contributed by atoms with Gasteiger partial charge in [-0.15, -0.1) is 0 Å². The number of carbonyl (C=O) groups is 4. The molecule has 0 amide bonds. The van der Waals surface area contributed by atoms with Crippen LogP contribution in [-0.2, 0) is 65.4 Å². The largest absolute Gasteiger partial charge is 0.472 e. The number of rotatable bonds is 71. The van der Waals surface area contributed by atoms with E-state index in [0.29, 0.717) is 37.5 Å². The first-order chi connectivity index (χ1) is 44.2. The minimum absolute atomic E-state index is 0.101. The molecule has 0 fully saturated rings. The van der Waals surface area contributed by atoms with Gasteiger partial charge < -0.3 is 33.8 Å². The minimum Gasteiger partial charge on any atom is -0.462 e. The number of phosphoric acid groups is 2. The van der Waals surface area contributed by atoms with Gasteiger partial charge in [-0.05, 0) is 43.4 Å². The summed E-state index contributed by atoms with van der Waals surface area (Å²) in [6, 6.07) is 0. The van der Waals surface area contributed by atoms with Crippen LogP contribution in [0, 0.1) is 17.8 Å². The quantitative estimate of drug-likeness (QED) is 0.0222. The highest BCUT2D eigenvalue weighted by Gasteiger charge is 2.30. The molecule has 546 valence electrons. The van der Waals surface area contributed by atoms with Crippen molar-refractivity contribution >= 4 is 39.5 Å². The zero-order valence-electron chi connectivity index (χ0n) is 60.0. The Labute approximate surface area is 562 Å². The molecule has 0 aromatic carbocycles. The van der Waals surface area contributed by atoms with E-state index in [2.05, 4.69) is 48.5 Å². The highest BCUT2D eigenvalue weighted by Crippen LogP contribution is 2.45. The van der Waals surface area contributed by atoms with Crippen molar-refractivity contribution < 1.29 is 80.2 Å². The third kappa shape index (κ3) is 66.7. The first-order valence-corrected chi connectivity index (χ1v) is 40.8. The number of ether oxygens (including phenoxy) is 4. The zero-order valence-corrected chi connectivity index (χ0v) is 61.8. The number of hydrogen-bond donors (Lipinski definition) is 3. The number of hydrogen-bond acceptors (Lipinski definition) is 15. The third-order valence-electron chi connectivity index (χ3n) is 16.9. The molecule has 0 radical (unpaired) electrons. The van der Waals surface area contributed by atoms with Gasteiger partial charge in [0.2, 0.25) is 0 Å². The third-order valence-corrected chi connectivity index (χ3v) is 18.8. The molecule has 0 spiro atoms. The predicted molar refractivity (Wildman–Crippen MR) is 372 cm³/mol. The second-order valence-electron chi connectivity index (χ2n) is 27.8. The van der Waals surface area contributed by atoms with Crippen molar-refractivity contribution in [1.82, 2.24) is 0 Å². The highest BCUT2D eigenvalue weighted by atomic mass is 31.2. The lowest BCUT2D eigenvalue weighted by molar-refractivity contribution is -0.161. The van der Waals surface area contributed by atoms with E-state index in [1.165, 1.54) is 173 Å². The Bertz CT molecular complexity index is 1800. The molecule has 0 aliphatic heterocycles. The maximum absolute atomic E-state index is 13.1. The Morgan fingerprint density at radius 1 is 0.293 bits per heavy atom. The van der Waals surface area contributed by atoms with Crippen molar-refractivity contribution in [1.29, 1.82) is 0 Å². The monoisotopic (exact) mass is 1350 g/mol. The van der Waals surface area contributed by atoms with Gasteiger partial charge in [0.15, 0.2) is 12.2 Å². The molecule has 3 N–H and O–H groups in total. The van der Waals surface area contributed by atoms with E-state index in [9.17, 15) is 43.2 Å². The number of aliphatic hydroxyl groups excluding tert-OH is 1. The summed E-state index contributed by atoms with van der Waals surface area (Å²) in [7, 11) is -9.90. The Morgan fingerprint density at radius 3 is 0.739 bits per heavy atom. The van der Waals surface area contributed by atoms with Crippen LogP contribution in [0.15, 0.2) is 0 Å². The molecule has 2 unspecified atom stereocenters. The maximum Gasteiger partial charge on any atom is 0.472 e. The van der Waals surface area contributed by atoms with Crippen LogP contribution in [-0.4, -0.2) is 96.7 Å². The van der Waals surface area contributed by atoms with Crippen LogP contribution in [0.4, 0.5) is 0 Å². The Hall–Kier alpha value is -1.94. The molecule has 0 saturated carbocycles. The molecule has 0 saturated heterocycles. The Balaban J connectivity index is 5.20. The molecule has 17 nitrogen and oxygen atoms in total. The summed E-state index contributed by atoms with van der Waals surface area (Å²) in [6.45, 7) is 11.7. The van der Waals surface area contributed by atoms with Crippen molar-refractivity contribution in [2.24, 2.45) is 17.8 Å². The molecule has 0 aromatic heterocycles. The maximum atomic E-state index is 13.1. The van der Waals surface area contributed by atoms with E-state index in [1.54, 1.807) is 0 Å². The van der Waals surface area contributed by atoms with Gasteiger partial charge in [-0.2, -0.15) is 0 Å². The van der Waals surface area contributed by atoms with Crippen molar-refractivity contribution in [2.75, 3.05) is 39.6 Å². The van der Waals surface area contributed by atoms with Crippen molar-refractivity contribution in [3.8, 4) is 0 Å². The number of phosphoric ester groups is 2. The second kappa shape index (κ2) is 63.8. The lowest BCUT2D eigenvalue weighted by Crippen LogP contribution is -2.30. The first-order valence-electron chi connectivity index (χ1n) is 37.8. The average molecular weight is 1350 g/mol. The molecule has 0 rings (SSSR count). The molecule has 19 heteroatoms. The minimum atomic E-state index is -4.96. The Morgan fingerprint density at radius 2 is 0.500 bits per heavy atom. The standard InChI is InChI=1S/C73H142O17P2/c1-8-9-10-11-12-13-14-15-16-17-18-19-22-26-29-32-42-49-56-72(77)89-68(60-83-70(75)54-47-40-31-28-25-23-20-21-24-27-30-37-44-51-64(2)3)62-87-91(79,80)85-58-67(74)59-86-92(81,82)88-63-69(90-73(78)57-50-43-36-34-39-46-53-66(6)7)61-84-71(76)55-48-41-35-33-38-45-52-65(4)5/h64-69,74H,8-63H2,1-7H3,(H,79,80)(H,81,82)/t67-,68-,69-/m1/s1. The van der Waals surface area contributed by atoms with Gasteiger partial charge in [0, 0.05) is 25.7 Å². The topological polar surface area (TPSA) is 237 Å². The first kappa shape index (κ1) is 90.1. The van der Waals surface area contributed by atoms with E-state index in [1.807, 2.05) is 0 Å². The summed E-state index contributed by atoms with van der Waals surface area (Å²) >= 11 is 0. The van der Waals surface area contributed by atoms with Gasteiger partial charge in [-0.1, -0.05) is 318 Å². The van der Waals surface area contributed by atoms with E-state index in [0.717, 1.165) is 102 Å². The lowest BCUT2D eigenvalue weighted by Gasteiger charge is -2.21. The normalized spacial score (nSPS) is 14.1. The van der Waals surface area contributed by atoms with Crippen LogP contribution in [0.2, 0.25) is 0 Å². The van der Waals surface area contributed by atoms with E-state index in [4.69, 9.17) is 37.0 Å². The van der Waals surface area contributed by atoms with Gasteiger partial charge in [-0.3, -0.25) is 37.3 Å². The molecular formula is C73H142O17P2. The molecule has 0 heterocycles. The summed E-state index contributed by atoms with van der Waals surface area (Å²) in [6.07, 6.45) is 49.0. The van der Waals surface area contributed by atoms with Gasteiger partial charge in [0.05, 0.1) is 26.4 Å². The Kier molecular flexibility index (Phi) is 62.4. The van der Waals surface area contributed by atoms with Crippen LogP contribution in [0.5, 0.6) is 0 Å². The summed E-state index contributed by atoms with van der Waals surface area (Å²) in [5.41, 5.74) is 0. The van der Waals surface area contributed by atoms with Crippen molar-refractivity contribution in [2.45, 2.75) is 388 Å². The second-order valence-corrected chi connectivity index (χ2v) is 30.7. The molecule has 0 aromatic rings. The van der Waals surface area contributed by atoms with E-state index < -0.39 is 97.5 Å². The fourth-order valence-corrected chi connectivity index (χ4v) is 12.7. The van der Waals surface area contributed by atoms with E-state index in [-0.39, 0.29) is 25.7 Å².